The lowest BCUT2D eigenvalue weighted by Gasteiger charge is -2.08. The molecule has 1 aromatic carbocycles. The number of carbonyl (C=O) groups is 1. The monoisotopic (exact) mass is 343 g/mol. The molecule has 1 N–H and O–H groups in total. The van der Waals surface area contributed by atoms with Crippen molar-refractivity contribution < 1.29 is 9.18 Å². The molecular weight excluding hydrogens is 329 g/mol. The average Bonchev–Trinajstić information content (AvgIpc) is 2.96. The summed E-state index contributed by atoms with van der Waals surface area (Å²) in [6.07, 6.45) is 1.49. The van der Waals surface area contributed by atoms with Gasteiger partial charge in [-0.15, -0.1) is 11.3 Å². The Kier molecular flexibility index (Phi) is 4.52. The largest absolute Gasteiger partial charge is 0.310 e. The molecule has 2 aromatic heterocycles. The molecule has 0 radical (unpaired) electrons. The highest BCUT2D eigenvalue weighted by atomic mass is 32.1. The maximum atomic E-state index is 13.0. The molecule has 24 heavy (non-hydrogen) atoms. The Morgan fingerprint density at radius 3 is 2.67 bits per heavy atom. The Labute approximate surface area is 141 Å². The highest BCUT2D eigenvalue weighted by Gasteiger charge is 2.10. The number of anilines is 1. The van der Waals surface area contributed by atoms with E-state index in [4.69, 9.17) is 0 Å². The summed E-state index contributed by atoms with van der Waals surface area (Å²) >= 11 is 1.34. The van der Waals surface area contributed by atoms with Crippen molar-refractivity contribution in [3.05, 3.63) is 81.0 Å². The summed E-state index contributed by atoms with van der Waals surface area (Å²) in [6, 6.07) is 8.69. The number of pyridine rings is 1. The topological polar surface area (TPSA) is 64.0 Å². The van der Waals surface area contributed by atoms with Gasteiger partial charge in [-0.05, 0) is 30.7 Å². The number of rotatable bonds is 4. The Hall–Kier alpha value is -2.80. The minimum atomic E-state index is -0.336. The lowest BCUT2D eigenvalue weighted by Crippen LogP contribution is -2.22. The molecule has 0 atom stereocenters. The third-order valence-corrected chi connectivity index (χ3v) is 4.23. The third-order valence-electron chi connectivity index (χ3n) is 3.35. The Bertz CT molecular complexity index is 932. The molecule has 122 valence electrons. The van der Waals surface area contributed by atoms with Gasteiger partial charge in [-0.25, -0.2) is 9.37 Å². The fraction of sp³-hybridized carbons (Fsp3) is 0.118. The van der Waals surface area contributed by atoms with Crippen molar-refractivity contribution >= 4 is 22.4 Å². The fourth-order valence-corrected chi connectivity index (χ4v) is 2.84. The van der Waals surface area contributed by atoms with Crippen molar-refractivity contribution in [2.75, 3.05) is 5.32 Å². The summed E-state index contributed by atoms with van der Waals surface area (Å²) in [7, 11) is 0. The second-order valence-corrected chi connectivity index (χ2v) is 6.12. The standard InChI is InChI=1S/C17H14FN3O2S/c1-11-10-24-17(19-11)20-16(23)13-4-7-15(22)21(9-13)8-12-2-5-14(18)6-3-12/h2-7,9-10H,8H2,1H3,(H,19,20,23). The van der Waals surface area contributed by atoms with Gasteiger partial charge in [0.05, 0.1) is 17.8 Å². The number of thiazole rings is 1. The maximum Gasteiger partial charge on any atom is 0.258 e. The van der Waals surface area contributed by atoms with Crippen LogP contribution in [0.1, 0.15) is 21.6 Å². The summed E-state index contributed by atoms with van der Waals surface area (Å²) in [5.74, 6) is -0.671. The molecule has 3 aromatic rings. The first-order valence-electron chi connectivity index (χ1n) is 7.20. The minimum absolute atomic E-state index is 0.235. The van der Waals surface area contributed by atoms with Crippen molar-refractivity contribution in [2.45, 2.75) is 13.5 Å². The van der Waals surface area contributed by atoms with Crippen LogP contribution in [0.4, 0.5) is 9.52 Å². The normalized spacial score (nSPS) is 10.6. The van der Waals surface area contributed by atoms with Crippen LogP contribution < -0.4 is 10.9 Å². The van der Waals surface area contributed by atoms with Crippen LogP contribution in [0.15, 0.2) is 52.8 Å². The summed E-state index contributed by atoms with van der Waals surface area (Å²) in [6.45, 7) is 2.10. The lowest BCUT2D eigenvalue weighted by atomic mass is 10.2. The van der Waals surface area contributed by atoms with Crippen LogP contribution in [-0.2, 0) is 6.54 Å². The summed E-state index contributed by atoms with van der Waals surface area (Å²) in [5, 5.41) is 5.05. The Morgan fingerprint density at radius 2 is 2.00 bits per heavy atom. The lowest BCUT2D eigenvalue weighted by molar-refractivity contribution is 0.102. The maximum absolute atomic E-state index is 13.0. The van der Waals surface area contributed by atoms with E-state index in [9.17, 15) is 14.0 Å². The van der Waals surface area contributed by atoms with Gasteiger partial charge in [0.1, 0.15) is 5.82 Å². The van der Waals surface area contributed by atoms with E-state index in [1.165, 1.54) is 46.4 Å². The molecule has 0 aliphatic rings. The molecular formula is C17H14FN3O2S. The number of benzene rings is 1. The number of halogens is 1. The zero-order chi connectivity index (χ0) is 17.1. The highest BCUT2D eigenvalue weighted by Crippen LogP contribution is 2.15. The van der Waals surface area contributed by atoms with Crippen LogP contribution >= 0.6 is 11.3 Å². The van der Waals surface area contributed by atoms with Gasteiger partial charge in [-0.1, -0.05) is 12.1 Å². The van der Waals surface area contributed by atoms with Gasteiger partial charge in [0, 0.05) is 17.6 Å². The van der Waals surface area contributed by atoms with Crippen molar-refractivity contribution in [3.8, 4) is 0 Å². The van der Waals surface area contributed by atoms with E-state index in [1.54, 1.807) is 12.1 Å². The fourth-order valence-electron chi connectivity index (χ4n) is 2.16. The highest BCUT2D eigenvalue weighted by molar-refractivity contribution is 7.13. The van der Waals surface area contributed by atoms with Gasteiger partial charge in [0.2, 0.25) is 0 Å². The number of carbonyl (C=O) groups excluding carboxylic acids is 1. The van der Waals surface area contributed by atoms with Crippen LogP contribution in [0.3, 0.4) is 0 Å². The van der Waals surface area contributed by atoms with Crippen molar-refractivity contribution in [3.63, 3.8) is 0 Å². The van der Waals surface area contributed by atoms with Crippen LogP contribution in [0, 0.1) is 12.7 Å². The van der Waals surface area contributed by atoms with E-state index in [1.807, 2.05) is 12.3 Å². The smallest absolute Gasteiger partial charge is 0.258 e. The van der Waals surface area contributed by atoms with E-state index in [2.05, 4.69) is 10.3 Å². The molecule has 0 aliphatic heterocycles. The summed E-state index contributed by atoms with van der Waals surface area (Å²) < 4.78 is 14.4. The Balaban J connectivity index is 1.81. The first-order chi connectivity index (χ1) is 11.5. The quantitative estimate of drug-likeness (QED) is 0.792. The number of nitrogens with zero attached hydrogens (tertiary/aromatic N) is 2. The van der Waals surface area contributed by atoms with Gasteiger partial charge >= 0.3 is 0 Å². The van der Waals surface area contributed by atoms with E-state index in [-0.39, 0.29) is 23.8 Å². The third kappa shape index (κ3) is 3.75. The number of nitrogens with one attached hydrogen (secondary N) is 1. The van der Waals surface area contributed by atoms with Crippen LogP contribution in [0.25, 0.3) is 0 Å². The number of hydrogen-bond acceptors (Lipinski definition) is 4. The predicted octanol–water partition coefficient (Wildman–Crippen LogP) is 3.05. The molecule has 3 rings (SSSR count). The molecule has 0 saturated heterocycles. The van der Waals surface area contributed by atoms with Gasteiger partial charge < -0.3 is 4.57 Å². The second kappa shape index (κ2) is 6.76. The van der Waals surface area contributed by atoms with E-state index in [0.29, 0.717) is 10.7 Å². The first kappa shape index (κ1) is 16.1. The van der Waals surface area contributed by atoms with Crippen molar-refractivity contribution in [1.29, 1.82) is 0 Å². The molecule has 1 amide bonds. The predicted molar refractivity (Wildman–Crippen MR) is 91.0 cm³/mol. The van der Waals surface area contributed by atoms with E-state index < -0.39 is 0 Å². The SMILES string of the molecule is Cc1csc(NC(=O)c2ccc(=O)n(Cc3ccc(F)cc3)c2)n1. The zero-order valence-electron chi connectivity index (χ0n) is 12.8. The molecule has 0 unspecified atom stereocenters. The first-order valence-corrected chi connectivity index (χ1v) is 8.07. The van der Waals surface area contributed by atoms with Crippen LogP contribution in [-0.4, -0.2) is 15.5 Å². The van der Waals surface area contributed by atoms with Crippen molar-refractivity contribution in [1.82, 2.24) is 9.55 Å². The van der Waals surface area contributed by atoms with E-state index >= 15 is 0 Å². The number of aromatic nitrogens is 2. The number of aryl methyl sites for hydroxylation is 1. The van der Waals surface area contributed by atoms with Gasteiger partial charge in [0.25, 0.3) is 11.5 Å². The summed E-state index contributed by atoms with van der Waals surface area (Å²) in [4.78, 5) is 28.4. The molecule has 0 spiro atoms. The van der Waals surface area contributed by atoms with Gasteiger partial charge in [-0.2, -0.15) is 0 Å². The molecule has 7 heteroatoms. The molecule has 0 bridgehead atoms. The molecule has 0 saturated carbocycles. The molecule has 0 aliphatic carbocycles. The average molecular weight is 343 g/mol. The minimum Gasteiger partial charge on any atom is -0.310 e. The van der Waals surface area contributed by atoms with Crippen molar-refractivity contribution in [2.24, 2.45) is 0 Å². The molecule has 0 fully saturated rings. The van der Waals surface area contributed by atoms with Crippen LogP contribution in [0.5, 0.6) is 0 Å². The number of amides is 1. The zero-order valence-corrected chi connectivity index (χ0v) is 13.6. The molecule has 5 nitrogen and oxygen atoms in total. The van der Waals surface area contributed by atoms with Crippen LogP contribution in [0.2, 0.25) is 0 Å². The van der Waals surface area contributed by atoms with Gasteiger partial charge in [-0.3, -0.25) is 14.9 Å². The number of hydrogen-bond donors (Lipinski definition) is 1. The molecule has 2 heterocycles. The van der Waals surface area contributed by atoms with Gasteiger partial charge in [0.15, 0.2) is 5.13 Å². The summed E-state index contributed by atoms with van der Waals surface area (Å²) in [5.41, 5.74) is 1.72. The van der Waals surface area contributed by atoms with E-state index in [0.717, 1.165) is 11.3 Å². The Morgan fingerprint density at radius 1 is 1.25 bits per heavy atom. The second-order valence-electron chi connectivity index (χ2n) is 5.26.